The summed E-state index contributed by atoms with van der Waals surface area (Å²) in [6.07, 6.45) is 0. The third-order valence-electron chi connectivity index (χ3n) is 2.03. The molecule has 0 saturated heterocycles. The van der Waals surface area contributed by atoms with E-state index in [2.05, 4.69) is 27.6 Å². The number of pyridine rings is 1. The van der Waals surface area contributed by atoms with Crippen molar-refractivity contribution in [1.29, 1.82) is 0 Å². The molecular formula is C12H9IN2O2. The highest BCUT2D eigenvalue weighted by Gasteiger charge is 2.06. The minimum absolute atomic E-state index is 0.188. The molecule has 0 radical (unpaired) electrons. The summed E-state index contributed by atoms with van der Waals surface area (Å²) in [5, 5.41) is 0. The lowest BCUT2D eigenvalue weighted by Crippen LogP contribution is -2.12. The SMILES string of the molecule is NC(=O)c1cccc(Oc2ccccc2I)n1. The zero-order valence-corrected chi connectivity index (χ0v) is 10.9. The Morgan fingerprint density at radius 3 is 2.65 bits per heavy atom. The van der Waals surface area contributed by atoms with Gasteiger partial charge in [0.1, 0.15) is 11.4 Å². The molecule has 0 saturated carbocycles. The highest BCUT2D eigenvalue weighted by atomic mass is 127. The molecule has 0 spiro atoms. The number of ether oxygens (including phenoxy) is 1. The van der Waals surface area contributed by atoms with E-state index in [4.69, 9.17) is 10.5 Å². The monoisotopic (exact) mass is 340 g/mol. The number of halogens is 1. The van der Waals surface area contributed by atoms with E-state index in [1.165, 1.54) is 0 Å². The molecule has 5 heteroatoms. The van der Waals surface area contributed by atoms with Gasteiger partial charge >= 0.3 is 0 Å². The summed E-state index contributed by atoms with van der Waals surface area (Å²) in [6.45, 7) is 0. The lowest BCUT2D eigenvalue weighted by atomic mass is 10.3. The average molecular weight is 340 g/mol. The van der Waals surface area contributed by atoms with Gasteiger partial charge in [0.15, 0.2) is 0 Å². The first-order valence-corrected chi connectivity index (χ1v) is 5.94. The zero-order valence-electron chi connectivity index (χ0n) is 8.76. The molecule has 4 nitrogen and oxygen atoms in total. The lowest BCUT2D eigenvalue weighted by molar-refractivity contribution is 0.0995. The van der Waals surface area contributed by atoms with Crippen molar-refractivity contribution in [3.8, 4) is 11.6 Å². The van der Waals surface area contributed by atoms with Crippen LogP contribution in [-0.4, -0.2) is 10.9 Å². The number of carbonyl (C=O) groups is 1. The maximum absolute atomic E-state index is 11.0. The molecule has 1 amide bonds. The molecule has 0 atom stereocenters. The van der Waals surface area contributed by atoms with Crippen LogP contribution in [0.2, 0.25) is 0 Å². The molecule has 0 bridgehead atoms. The van der Waals surface area contributed by atoms with Crippen molar-refractivity contribution in [2.75, 3.05) is 0 Å². The molecule has 86 valence electrons. The number of benzene rings is 1. The van der Waals surface area contributed by atoms with Crippen LogP contribution in [0.3, 0.4) is 0 Å². The number of aromatic nitrogens is 1. The van der Waals surface area contributed by atoms with Crippen LogP contribution in [0, 0.1) is 3.57 Å². The van der Waals surface area contributed by atoms with Crippen molar-refractivity contribution in [3.63, 3.8) is 0 Å². The van der Waals surface area contributed by atoms with Crippen molar-refractivity contribution in [1.82, 2.24) is 4.98 Å². The molecule has 2 N–H and O–H groups in total. The quantitative estimate of drug-likeness (QED) is 0.874. The minimum Gasteiger partial charge on any atom is -0.438 e. The number of rotatable bonds is 3. The number of para-hydroxylation sites is 1. The first kappa shape index (κ1) is 11.8. The van der Waals surface area contributed by atoms with Gasteiger partial charge < -0.3 is 10.5 Å². The fraction of sp³-hybridized carbons (Fsp3) is 0. The van der Waals surface area contributed by atoms with Crippen LogP contribution in [0.15, 0.2) is 42.5 Å². The Morgan fingerprint density at radius 1 is 1.18 bits per heavy atom. The molecule has 2 rings (SSSR count). The maximum atomic E-state index is 11.0. The Labute approximate surface area is 112 Å². The third-order valence-corrected chi connectivity index (χ3v) is 2.92. The molecule has 0 unspecified atom stereocenters. The van der Waals surface area contributed by atoms with E-state index < -0.39 is 5.91 Å². The fourth-order valence-corrected chi connectivity index (χ4v) is 1.75. The van der Waals surface area contributed by atoms with Crippen LogP contribution in [0.25, 0.3) is 0 Å². The lowest BCUT2D eigenvalue weighted by Gasteiger charge is -2.06. The highest BCUT2D eigenvalue weighted by Crippen LogP contribution is 2.24. The molecule has 1 aromatic carbocycles. The van der Waals surface area contributed by atoms with Crippen molar-refractivity contribution in [3.05, 3.63) is 51.7 Å². The van der Waals surface area contributed by atoms with Crippen molar-refractivity contribution >= 4 is 28.5 Å². The predicted octanol–water partition coefficient (Wildman–Crippen LogP) is 2.58. The van der Waals surface area contributed by atoms with Gasteiger partial charge in [-0.05, 0) is 40.8 Å². The van der Waals surface area contributed by atoms with E-state index in [-0.39, 0.29) is 5.69 Å². The van der Waals surface area contributed by atoms with E-state index in [9.17, 15) is 4.79 Å². The second-order valence-corrected chi connectivity index (χ2v) is 4.42. The number of nitrogens with two attached hydrogens (primary N) is 1. The van der Waals surface area contributed by atoms with Gasteiger partial charge in [0.2, 0.25) is 5.88 Å². The molecular weight excluding hydrogens is 331 g/mol. The van der Waals surface area contributed by atoms with Crippen LogP contribution in [0.4, 0.5) is 0 Å². The second-order valence-electron chi connectivity index (χ2n) is 3.26. The smallest absolute Gasteiger partial charge is 0.267 e. The van der Waals surface area contributed by atoms with Gasteiger partial charge in [-0.1, -0.05) is 18.2 Å². The van der Waals surface area contributed by atoms with Crippen molar-refractivity contribution in [2.45, 2.75) is 0 Å². The summed E-state index contributed by atoms with van der Waals surface area (Å²) in [7, 11) is 0. The summed E-state index contributed by atoms with van der Waals surface area (Å²) in [6, 6.07) is 12.4. The van der Waals surface area contributed by atoms with Gasteiger partial charge in [-0.3, -0.25) is 4.79 Å². The van der Waals surface area contributed by atoms with Gasteiger partial charge in [0.05, 0.1) is 3.57 Å². The fourth-order valence-electron chi connectivity index (χ4n) is 1.25. The standard InChI is InChI=1S/C12H9IN2O2/c13-8-4-1-2-6-10(8)17-11-7-3-5-9(15-11)12(14)16/h1-7H,(H2,14,16). The summed E-state index contributed by atoms with van der Waals surface area (Å²) in [4.78, 5) is 15.0. The Morgan fingerprint density at radius 2 is 1.94 bits per heavy atom. The first-order valence-electron chi connectivity index (χ1n) is 4.86. The molecule has 1 aromatic heterocycles. The van der Waals surface area contributed by atoms with Crippen LogP contribution < -0.4 is 10.5 Å². The van der Waals surface area contributed by atoms with Gasteiger partial charge in [-0.25, -0.2) is 4.98 Å². The second kappa shape index (κ2) is 5.13. The number of hydrogen-bond acceptors (Lipinski definition) is 3. The maximum Gasteiger partial charge on any atom is 0.267 e. The summed E-state index contributed by atoms with van der Waals surface area (Å²) < 4.78 is 6.54. The normalized spacial score (nSPS) is 9.94. The number of nitrogens with zero attached hydrogens (tertiary/aromatic N) is 1. The highest BCUT2D eigenvalue weighted by molar-refractivity contribution is 14.1. The summed E-state index contributed by atoms with van der Waals surface area (Å²) in [5.41, 5.74) is 5.34. The Bertz CT molecular complexity index is 558. The molecule has 2 aromatic rings. The van der Waals surface area contributed by atoms with Crippen LogP contribution >= 0.6 is 22.6 Å². The number of hydrogen-bond donors (Lipinski definition) is 1. The molecule has 0 aliphatic heterocycles. The van der Waals surface area contributed by atoms with E-state index in [0.717, 1.165) is 3.57 Å². The Balaban J connectivity index is 2.28. The number of carbonyl (C=O) groups excluding carboxylic acids is 1. The van der Waals surface area contributed by atoms with Crippen LogP contribution in [0.1, 0.15) is 10.5 Å². The van der Waals surface area contributed by atoms with Gasteiger partial charge in [0, 0.05) is 6.07 Å². The Kier molecular flexibility index (Phi) is 3.58. The largest absolute Gasteiger partial charge is 0.438 e. The van der Waals surface area contributed by atoms with E-state index in [1.54, 1.807) is 18.2 Å². The molecule has 0 fully saturated rings. The van der Waals surface area contributed by atoms with E-state index in [0.29, 0.717) is 11.6 Å². The summed E-state index contributed by atoms with van der Waals surface area (Å²) in [5.74, 6) is 0.478. The minimum atomic E-state index is -0.571. The zero-order chi connectivity index (χ0) is 12.3. The average Bonchev–Trinajstić information content (AvgIpc) is 2.32. The topological polar surface area (TPSA) is 65.2 Å². The van der Waals surface area contributed by atoms with Crippen LogP contribution in [0.5, 0.6) is 11.6 Å². The Hall–Kier alpha value is -1.63. The van der Waals surface area contributed by atoms with Gasteiger partial charge in [-0.15, -0.1) is 0 Å². The van der Waals surface area contributed by atoms with E-state index in [1.807, 2.05) is 24.3 Å². The van der Waals surface area contributed by atoms with Gasteiger partial charge in [0.25, 0.3) is 5.91 Å². The first-order chi connectivity index (χ1) is 8.16. The summed E-state index contributed by atoms with van der Waals surface area (Å²) >= 11 is 2.16. The number of amides is 1. The molecule has 1 heterocycles. The number of primary amides is 1. The van der Waals surface area contributed by atoms with Gasteiger partial charge in [-0.2, -0.15) is 0 Å². The molecule has 17 heavy (non-hydrogen) atoms. The third kappa shape index (κ3) is 2.94. The molecule has 0 aliphatic carbocycles. The van der Waals surface area contributed by atoms with Crippen LogP contribution in [-0.2, 0) is 0 Å². The van der Waals surface area contributed by atoms with E-state index >= 15 is 0 Å². The van der Waals surface area contributed by atoms with Crippen molar-refractivity contribution in [2.24, 2.45) is 5.73 Å². The molecule has 0 aliphatic rings. The van der Waals surface area contributed by atoms with Crippen molar-refractivity contribution < 1.29 is 9.53 Å². The predicted molar refractivity (Wildman–Crippen MR) is 72.0 cm³/mol.